The van der Waals surface area contributed by atoms with Crippen LogP contribution in [0.5, 0.6) is 0 Å². The topological polar surface area (TPSA) is 45.0 Å². The summed E-state index contributed by atoms with van der Waals surface area (Å²) in [4.78, 5) is 0. The summed E-state index contributed by atoms with van der Waals surface area (Å²) in [5.41, 5.74) is 0.956. The van der Waals surface area contributed by atoms with Crippen molar-refractivity contribution in [2.45, 2.75) is 25.3 Å². The molecule has 0 radical (unpaired) electrons. The highest BCUT2D eigenvalue weighted by molar-refractivity contribution is 5.58. The first-order valence-corrected chi connectivity index (χ1v) is 5.69. The summed E-state index contributed by atoms with van der Waals surface area (Å²) in [6.07, 6.45) is 1.77. The van der Waals surface area contributed by atoms with Gasteiger partial charge in [0.15, 0.2) is 0 Å². The third-order valence-electron chi connectivity index (χ3n) is 3.13. The van der Waals surface area contributed by atoms with Crippen LogP contribution in [0.1, 0.15) is 25.3 Å². The van der Waals surface area contributed by atoms with Crippen molar-refractivity contribution in [2.75, 3.05) is 18.5 Å². The van der Waals surface area contributed by atoms with E-state index in [0.29, 0.717) is 24.5 Å². The first-order valence-electron chi connectivity index (χ1n) is 5.69. The molecule has 1 aromatic carbocycles. The fraction of sp³-hybridized carbons (Fsp3) is 0.462. The molecule has 1 heterocycles. The van der Waals surface area contributed by atoms with Crippen molar-refractivity contribution < 1.29 is 9.13 Å². The van der Waals surface area contributed by atoms with Gasteiger partial charge < -0.3 is 10.1 Å². The Bertz CT molecular complexity index is 447. The summed E-state index contributed by atoms with van der Waals surface area (Å²) < 4.78 is 18.3. The van der Waals surface area contributed by atoms with E-state index in [0.717, 1.165) is 12.8 Å². The second kappa shape index (κ2) is 4.72. The maximum Gasteiger partial charge on any atom is 0.124 e. The molecule has 17 heavy (non-hydrogen) atoms. The van der Waals surface area contributed by atoms with Gasteiger partial charge in [-0.3, -0.25) is 0 Å². The van der Waals surface area contributed by atoms with E-state index < -0.39 is 0 Å². The number of halogens is 1. The van der Waals surface area contributed by atoms with Crippen molar-refractivity contribution in [1.82, 2.24) is 0 Å². The Morgan fingerprint density at radius 1 is 1.41 bits per heavy atom. The molecule has 0 unspecified atom stereocenters. The Balaban J connectivity index is 2.20. The van der Waals surface area contributed by atoms with Crippen molar-refractivity contribution in [3.05, 3.63) is 29.6 Å². The molecule has 0 saturated carbocycles. The predicted octanol–water partition coefficient (Wildman–Crippen LogP) is 2.68. The van der Waals surface area contributed by atoms with Crippen LogP contribution >= 0.6 is 0 Å². The molecule has 1 aliphatic heterocycles. The second-order valence-corrected chi connectivity index (χ2v) is 4.60. The minimum absolute atomic E-state index is 0.0817. The zero-order valence-corrected chi connectivity index (χ0v) is 9.79. The van der Waals surface area contributed by atoms with E-state index in [4.69, 9.17) is 10.00 Å². The number of nitrogens with zero attached hydrogens (tertiary/aromatic N) is 1. The Morgan fingerprint density at radius 3 is 2.76 bits per heavy atom. The summed E-state index contributed by atoms with van der Waals surface area (Å²) in [6.45, 7) is 3.53. The Hall–Kier alpha value is -1.60. The highest BCUT2D eigenvalue weighted by Gasteiger charge is 2.27. The van der Waals surface area contributed by atoms with Gasteiger partial charge >= 0.3 is 0 Å². The van der Waals surface area contributed by atoms with E-state index in [1.54, 1.807) is 6.07 Å². The zero-order valence-electron chi connectivity index (χ0n) is 9.79. The van der Waals surface area contributed by atoms with Crippen LogP contribution in [0.4, 0.5) is 10.1 Å². The average molecular weight is 234 g/mol. The van der Waals surface area contributed by atoms with Crippen LogP contribution in [-0.4, -0.2) is 18.8 Å². The first-order chi connectivity index (χ1) is 8.13. The molecule has 1 fully saturated rings. The van der Waals surface area contributed by atoms with Gasteiger partial charge in [-0.25, -0.2) is 4.39 Å². The molecule has 0 bridgehead atoms. The lowest BCUT2D eigenvalue weighted by Gasteiger charge is -2.35. The van der Waals surface area contributed by atoms with Gasteiger partial charge in [-0.2, -0.15) is 5.26 Å². The number of benzene rings is 1. The molecule has 1 aliphatic rings. The number of anilines is 1. The van der Waals surface area contributed by atoms with Gasteiger partial charge in [0.1, 0.15) is 11.9 Å². The Morgan fingerprint density at radius 2 is 2.12 bits per heavy atom. The highest BCUT2D eigenvalue weighted by atomic mass is 19.1. The van der Waals surface area contributed by atoms with Crippen LogP contribution < -0.4 is 5.32 Å². The summed E-state index contributed by atoms with van der Waals surface area (Å²) in [5.74, 6) is -0.385. The van der Waals surface area contributed by atoms with E-state index in [2.05, 4.69) is 12.2 Å². The summed E-state index contributed by atoms with van der Waals surface area (Å²) in [5, 5.41) is 12.3. The normalized spacial score (nSPS) is 18.4. The van der Waals surface area contributed by atoms with E-state index in [-0.39, 0.29) is 11.4 Å². The number of nitriles is 1. The van der Waals surface area contributed by atoms with Gasteiger partial charge in [0.2, 0.25) is 0 Å². The van der Waals surface area contributed by atoms with Crippen LogP contribution in [-0.2, 0) is 4.74 Å². The highest BCUT2D eigenvalue weighted by Crippen LogP contribution is 2.27. The largest absolute Gasteiger partial charge is 0.381 e. The second-order valence-electron chi connectivity index (χ2n) is 4.60. The Labute approximate surface area is 100 Å². The molecule has 3 nitrogen and oxygen atoms in total. The van der Waals surface area contributed by atoms with Gasteiger partial charge in [0.25, 0.3) is 0 Å². The summed E-state index contributed by atoms with van der Waals surface area (Å²) in [7, 11) is 0. The van der Waals surface area contributed by atoms with Crippen LogP contribution in [0.15, 0.2) is 18.2 Å². The van der Waals surface area contributed by atoms with E-state index >= 15 is 0 Å². The Kier molecular flexibility index (Phi) is 3.30. The average Bonchev–Trinajstić information content (AvgIpc) is 2.32. The van der Waals surface area contributed by atoms with Crippen molar-refractivity contribution in [3.8, 4) is 6.07 Å². The lowest BCUT2D eigenvalue weighted by molar-refractivity contribution is 0.0658. The fourth-order valence-electron chi connectivity index (χ4n) is 1.99. The summed E-state index contributed by atoms with van der Waals surface area (Å²) >= 11 is 0. The fourth-order valence-corrected chi connectivity index (χ4v) is 1.99. The molecule has 0 atom stereocenters. The number of ether oxygens (including phenoxy) is 1. The molecule has 4 heteroatoms. The maximum absolute atomic E-state index is 13.0. The van der Waals surface area contributed by atoms with Gasteiger partial charge in [-0.05, 0) is 38.0 Å². The minimum Gasteiger partial charge on any atom is -0.381 e. The number of hydrogen-bond donors (Lipinski definition) is 1. The van der Waals surface area contributed by atoms with Crippen molar-refractivity contribution in [1.29, 1.82) is 5.26 Å². The van der Waals surface area contributed by atoms with Crippen LogP contribution in [0.3, 0.4) is 0 Å². The van der Waals surface area contributed by atoms with Gasteiger partial charge in [-0.1, -0.05) is 0 Å². The quantitative estimate of drug-likeness (QED) is 0.855. The predicted molar refractivity (Wildman–Crippen MR) is 63.2 cm³/mol. The van der Waals surface area contributed by atoms with Crippen molar-refractivity contribution in [2.24, 2.45) is 0 Å². The van der Waals surface area contributed by atoms with Crippen LogP contribution in [0, 0.1) is 17.1 Å². The first kappa shape index (κ1) is 11.9. The van der Waals surface area contributed by atoms with Crippen LogP contribution in [0.25, 0.3) is 0 Å². The van der Waals surface area contributed by atoms with Crippen molar-refractivity contribution in [3.63, 3.8) is 0 Å². The molecule has 1 saturated heterocycles. The zero-order chi connectivity index (χ0) is 12.3. The SMILES string of the molecule is CC1(Nc2ccc(F)cc2C#N)CCOCC1. The smallest absolute Gasteiger partial charge is 0.124 e. The number of hydrogen-bond acceptors (Lipinski definition) is 3. The van der Waals surface area contributed by atoms with Crippen molar-refractivity contribution >= 4 is 5.69 Å². The molecule has 0 aliphatic carbocycles. The monoisotopic (exact) mass is 234 g/mol. The maximum atomic E-state index is 13.0. The molecular weight excluding hydrogens is 219 g/mol. The molecule has 0 amide bonds. The molecule has 0 aromatic heterocycles. The molecule has 0 spiro atoms. The van der Waals surface area contributed by atoms with Gasteiger partial charge in [0.05, 0.1) is 11.3 Å². The molecule has 90 valence electrons. The lowest BCUT2D eigenvalue weighted by Crippen LogP contribution is -2.40. The van der Waals surface area contributed by atoms with Crippen LogP contribution in [0.2, 0.25) is 0 Å². The molecule has 1 aromatic rings. The number of rotatable bonds is 2. The van der Waals surface area contributed by atoms with Gasteiger partial charge in [0, 0.05) is 18.8 Å². The summed E-state index contributed by atoms with van der Waals surface area (Å²) in [6, 6.07) is 6.25. The third kappa shape index (κ3) is 2.75. The van der Waals surface area contributed by atoms with E-state index in [9.17, 15) is 4.39 Å². The third-order valence-corrected chi connectivity index (χ3v) is 3.13. The minimum atomic E-state index is -0.385. The van der Waals surface area contributed by atoms with E-state index in [1.165, 1.54) is 12.1 Å². The standard InChI is InChI=1S/C13H15FN2O/c1-13(4-6-17-7-5-13)16-12-3-2-11(14)8-10(12)9-15/h2-3,8,16H,4-7H2,1H3. The van der Waals surface area contributed by atoms with Gasteiger partial charge in [-0.15, -0.1) is 0 Å². The molecular formula is C13H15FN2O. The molecule has 1 N–H and O–H groups in total. The number of nitrogens with one attached hydrogen (secondary N) is 1. The van der Waals surface area contributed by atoms with E-state index in [1.807, 2.05) is 6.07 Å². The molecule has 2 rings (SSSR count). The lowest BCUT2D eigenvalue weighted by atomic mass is 9.92.